The maximum Gasteiger partial charge on any atom is 0.266 e. The molecule has 2 aromatic rings. The highest BCUT2D eigenvalue weighted by atomic mass is 19.1. The normalized spacial score (nSPS) is 13.8. The van der Waals surface area contributed by atoms with Crippen molar-refractivity contribution >= 4 is 23.2 Å². The molecule has 0 fully saturated rings. The first kappa shape index (κ1) is 11.4. The second kappa shape index (κ2) is 3.91. The second-order valence-electron chi connectivity index (χ2n) is 4.19. The van der Waals surface area contributed by atoms with Gasteiger partial charge in [-0.05, 0) is 24.3 Å². The van der Waals surface area contributed by atoms with Gasteiger partial charge in [-0.3, -0.25) is 9.59 Å². The van der Waals surface area contributed by atoms with Crippen molar-refractivity contribution in [1.82, 2.24) is 0 Å². The molecule has 2 aromatic carbocycles. The van der Waals surface area contributed by atoms with E-state index in [0.717, 1.165) is 11.0 Å². The van der Waals surface area contributed by atoms with Gasteiger partial charge in [0.25, 0.3) is 11.8 Å². The number of benzene rings is 2. The molecule has 0 spiro atoms. The molecule has 4 nitrogen and oxygen atoms in total. The van der Waals surface area contributed by atoms with Gasteiger partial charge >= 0.3 is 0 Å². The molecule has 0 saturated heterocycles. The summed E-state index contributed by atoms with van der Waals surface area (Å²) in [6, 6.07) is 10.0. The Bertz CT molecular complexity index is 677. The standard InChI is InChI=1S/C14H9FN2O2/c15-8-5-6-11(16)12(7-8)17-13(18)9-3-1-2-4-10(9)14(17)19/h1-7H,16H2. The Morgan fingerprint density at radius 3 is 2.11 bits per heavy atom. The van der Waals surface area contributed by atoms with Crippen molar-refractivity contribution in [2.45, 2.75) is 0 Å². The van der Waals surface area contributed by atoms with Gasteiger partial charge in [-0.1, -0.05) is 12.1 Å². The summed E-state index contributed by atoms with van der Waals surface area (Å²) in [6.45, 7) is 0. The first-order valence-electron chi connectivity index (χ1n) is 5.62. The minimum absolute atomic E-state index is 0.0752. The Morgan fingerprint density at radius 2 is 1.53 bits per heavy atom. The van der Waals surface area contributed by atoms with Crippen LogP contribution in [0.5, 0.6) is 0 Å². The lowest BCUT2D eigenvalue weighted by molar-refractivity contribution is 0.0926. The number of rotatable bonds is 1. The summed E-state index contributed by atoms with van der Waals surface area (Å²) in [5.74, 6) is -1.53. The molecule has 0 atom stereocenters. The van der Waals surface area contributed by atoms with Crippen LogP contribution in [-0.2, 0) is 0 Å². The van der Waals surface area contributed by atoms with Gasteiger partial charge in [0.1, 0.15) is 5.82 Å². The van der Waals surface area contributed by atoms with Crippen molar-refractivity contribution in [3.05, 3.63) is 59.4 Å². The van der Waals surface area contributed by atoms with Crippen molar-refractivity contribution in [3.8, 4) is 0 Å². The van der Waals surface area contributed by atoms with Crippen LogP contribution in [-0.4, -0.2) is 11.8 Å². The van der Waals surface area contributed by atoms with E-state index in [-0.39, 0.29) is 11.4 Å². The Morgan fingerprint density at radius 1 is 0.947 bits per heavy atom. The van der Waals surface area contributed by atoms with Crippen LogP contribution < -0.4 is 10.6 Å². The SMILES string of the molecule is Nc1ccc(F)cc1N1C(=O)c2ccccc2C1=O. The highest BCUT2D eigenvalue weighted by molar-refractivity contribution is 6.35. The lowest BCUT2D eigenvalue weighted by Crippen LogP contribution is -2.30. The number of nitrogens with zero attached hydrogens (tertiary/aromatic N) is 1. The van der Waals surface area contributed by atoms with Crippen LogP contribution in [0.15, 0.2) is 42.5 Å². The van der Waals surface area contributed by atoms with Crippen molar-refractivity contribution in [2.24, 2.45) is 0 Å². The fraction of sp³-hybridized carbons (Fsp3) is 0. The van der Waals surface area contributed by atoms with Crippen LogP contribution in [0.4, 0.5) is 15.8 Å². The zero-order valence-electron chi connectivity index (χ0n) is 9.76. The minimum atomic E-state index is -0.555. The smallest absolute Gasteiger partial charge is 0.266 e. The number of hydrogen-bond donors (Lipinski definition) is 1. The van der Waals surface area contributed by atoms with E-state index in [1.165, 1.54) is 12.1 Å². The van der Waals surface area contributed by atoms with E-state index >= 15 is 0 Å². The highest BCUT2D eigenvalue weighted by Gasteiger charge is 2.37. The summed E-state index contributed by atoms with van der Waals surface area (Å²) >= 11 is 0. The number of nitrogens with two attached hydrogens (primary N) is 1. The van der Waals surface area contributed by atoms with Crippen molar-refractivity contribution in [3.63, 3.8) is 0 Å². The molecule has 0 aliphatic carbocycles. The van der Waals surface area contributed by atoms with Crippen molar-refractivity contribution in [2.75, 3.05) is 10.6 Å². The molecule has 19 heavy (non-hydrogen) atoms. The molecule has 2 N–H and O–H groups in total. The molecule has 1 heterocycles. The first-order valence-corrected chi connectivity index (χ1v) is 5.62. The lowest BCUT2D eigenvalue weighted by atomic mass is 10.1. The highest BCUT2D eigenvalue weighted by Crippen LogP contribution is 2.32. The average Bonchev–Trinajstić information content (AvgIpc) is 2.66. The minimum Gasteiger partial charge on any atom is -0.397 e. The third kappa shape index (κ3) is 1.59. The van der Waals surface area contributed by atoms with Gasteiger partial charge in [-0.2, -0.15) is 0 Å². The van der Waals surface area contributed by atoms with Crippen LogP contribution in [0.25, 0.3) is 0 Å². The quantitative estimate of drug-likeness (QED) is 0.628. The Labute approximate surface area is 108 Å². The molecule has 94 valence electrons. The third-order valence-electron chi connectivity index (χ3n) is 3.03. The van der Waals surface area contributed by atoms with Gasteiger partial charge in [0, 0.05) is 6.07 Å². The van der Waals surface area contributed by atoms with Gasteiger partial charge in [-0.25, -0.2) is 9.29 Å². The number of hydrogen-bond acceptors (Lipinski definition) is 3. The van der Waals surface area contributed by atoms with Crippen LogP contribution in [0, 0.1) is 5.82 Å². The molecule has 0 aromatic heterocycles. The molecule has 1 aliphatic heterocycles. The number of halogens is 1. The fourth-order valence-corrected chi connectivity index (χ4v) is 2.12. The molecule has 0 saturated carbocycles. The summed E-state index contributed by atoms with van der Waals surface area (Å²) in [7, 11) is 0. The van der Waals surface area contributed by atoms with E-state index < -0.39 is 17.6 Å². The molecule has 5 heteroatoms. The predicted octanol–water partition coefficient (Wildman–Crippen LogP) is 2.21. The number of imide groups is 1. The monoisotopic (exact) mass is 256 g/mol. The van der Waals surface area contributed by atoms with E-state index in [9.17, 15) is 14.0 Å². The molecular formula is C14H9FN2O2. The number of anilines is 2. The summed E-state index contributed by atoms with van der Waals surface area (Å²) in [5.41, 5.74) is 6.57. The third-order valence-corrected chi connectivity index (χ3v) is 3.03. The topological polar surface area (TPSA) is 63.4 Å². The molecule has 0 radical (unpaired) electrons. The van der Waals surface area contributed by atoms with Crippen LogP contribution in [0.3, 0.4) is 0 Å². The van der Waals surface area contributed by atoms with Crippen molar-refractivity contribution < 1.29 is 14.0 Å². The summed E-state index contributed by atoms with van der Waals surface area (Å²) in [5, 5.41) is 0. The maximum absolute atomic E-state index is 13.3. The Balaban J connectivity index is 2.17. The van der Waals surface area contributed by atoms with Crippen LogP contribution >= 0.6 is 0 Å². The average molecular weight is 256 g/mol. The molecule has 2 amide bonds. The Hall–Kier alpha value is -2.69. The van der Waals surface area contributed by atoms with Gasteiger partial charge in [0.2, 0.25) is 0 Å². The first-order chi connectivity index (χ1) is 9.09. The van der Waals surface area contributed by atoms with Gasteiger partial charge in [0.05, 0.1) is 22.5 Å². The van der Waals surface area contributed by atoms with E-state index in [0.29, 0.717) is 11.1 Å². The van der Waals surface area contributed by atoms with E-state index in [1.807, 2.05) is 0 Å². The van der Waals surface area contributed by atoms with Gasteiger partial charge in [0.15, 0.2) is 0 Å². The van der Waals surface area contributed by atoms with Gasteiger partial charge < -0.3 is 5.73 Å². The number of nitrogen functional groups attached to an aromatic ring is 1. The molecule has 3 rings (SSSR count). The number of fused-ring (bicyclic) bond motifs is 1. The second-order valence-corrected chi connectivity index (χ2v) is 4.19. The predicted molar refractivity (Wildman–Crippen MR) is 68.4 cm³/mol. The number of carbonyl (C=O) groups is 2. The van der Waals surface area contributed by atoms with Crippen molar-refractivity contribution in [1.29, 1.82) is 0 Å². The summed E-state index contributed by atoms with van der Waals surface area (Å²) in [4.78, 5) is 25.3. The number of carbonyl (C=O) groups excluding carboxylic acids is 2. The zero-order valence-corrected chi connectivity index (χ0v) is 9.76. The van der Waals surface area contributed by atoms with Crippen LogP contribution in [0.2, 0.25) is 0 Å². The van der Waals surface area contributed by atoms with Gasteiger partial charge in [-0.15, -0.1) is 0 Å². The fourth-order valence-electron chi connectivity index (χ4n) is 2.12. The molecule has 0 unspecified atom stereocenters. The summed E-state index contributed by atoms with van der Waals surface area (Å²) in [6.07, 6.45) is 0. The van der Waals surface area contributed by atoms with Crippen LogP contribution in [0.1, 0.15) is 20.7 Å². The Kier molecular flexibility index (Phi) is 2.35. The number of amides is 2. The largest absolute Gasteiger partial charge is 0.397 e. The maximum atomic E-state index is 13.3. The van der Waals surface area contributed by atoms with E-state index in [2.05, 4.69) is 0 Å². The van der Waals surface area contributed by atoms with E-state index in [1.54, 1.807) is 24.3 Å². The molecule has 0 bridgehead atoms. The van der Waals surface area contributed by atoms with E-state index in [4.69, 9.17) is 5.73 Å². The lowest BCUT2D eigenvalue weighted by Gasteiger charge is -2.16. The molecular weight excluding hydrogens is 247 g/mol. The summed E-state index contributed by atoms with van der Waals surface area (Å²) < 4.78 is 13.3. The zero-order chi connectivity index (χ0) is 13.6. The molecule has 1 aliphatic rings.